The smallest absolute Gasteiger partial charge is 0.254 e. The van der Waals surface area contributed by atoms with E-state index >= 15 is 0 Å². The van der Waals surface area contributed by atoms with Crippen LogP contribution in [0.4, 0.5) is 5.13 Å². The zero-order chi connectivity index (χ0) is 24.5. The van der Waals surface area contributed by atoms with Gasteiger partial charge in [0.15, 0.2) is 5.13 Å². The second-order valence-corrected chi connectivity index (χ2v) is 9.30. The average molecular weight is 480 g/mol. The molecule has 3 rings (SSSR count). The fraction of sp³-hybridized carbons (Fsp3) is 0.320. The SMILES string of the molecule is Cc1ccc(C(=O)N(CC(=O)Nc2nc(CC(=O)NCc3ccncc3)cs2)CC(C)C)cc1. The molecule has 0 unspecified atom stereocenters. The lowest BCUT2D eigenvalue weighted by molar-refractivity contribution is -0.120. The molecule has 0 saturated heterocycles. The number of amides is 3. The van der Waals surface area contributed by atoms with Crippen molar-refractivity contribution in [1.29, 1.82) is 0 Å². The fourth-order valence-corrected chi connectivity index (χ4v) is 3.97. The lowest BCUT2D eigenvalue weighted by atomic mass is 10.1. The van der Waals surface area contributed by atoms with E-state index in [1.165, 1.54) is 11.3 Å². The van der Waals surface area contributed by atoms with Crippen LogP contribution in [0.1, 0.15) is 41.0 Å². The van der Waals surface area contributed by atoms with Gasteiger partial charge in [-0.05, 0) is 42.7 Å². The number of carbonyl (C=O) groups excluding carboxylic acids is 3. The first-order valence-corrected chi connectivity index (χ1v) is 11.9. The van der Waals surface area contributed by atoms with E-state index in [9.17, 15) is 14.4 Å². The highest BCUT2D eigenvalue weighted by Crippen LogP contribution is 2.16. The highest BCUT2D eigenvalue weighted by atomic mass is 32.1. The Balaban J connectivity index is 1.54. The number of thiazole rings is 1. The van der Waals surface area contributed by atoms with Crippen LogP contribution in [0.3, 0.4) is 0 Å². The van der Waals surface area contributed by atoms with Crippen LogP contribution < -0.4 is 10.6 Å². The van der Waals surface area contributed by atoms with E-state index in [1.807, 2.05) is 45.0 Å². The third-order valence-corrected chi connectivity index (χ3v) is 5.69. The van der Waals surface area contributed by atoms with Crippen LogP contribution in [-0.4, -0.2) is 45.7 Å². The van der Waals surface area contributed by atoms with Crippen LogP contribution in [0.15, 0.2) is 54.2 Å². The summed E-state index contributed by atoms with van der Waals surface area (Å²) in [6.07, 6.45) is 3.46. The Bertz CT molecular complexity index is 1110. The Labute approximate surface area is 203 Å². The molecule has 1 aromatic carbocycles. The minimum atomic E-state index is -0.329. The number of hydrogen-bond donors (Lipinski definition) is 2. The van der Waals surface area contributed by atoms with Gasteiger partial charge in [0.2, 0.25) is 11.8 Å². The van der Waals surface area contributed by atoms with Crippen molar-refractivity contribution in [2.24, 2.45) is 5.92 Å². The largest absolute Gasteiger partial charge is 0.352 e. The van der Waals surface area contributed by atoms with Crippen LogP contribution in [-0.2, 0) is 22.6 Å². The lowest BCUT2D eigenvalue weighted by Gasteiger charge is -2.24. The summed E-state index contributed by atoms with van der Waals surface area (Å²) in [6, 6.07) is 11.0. The predicted octanol–water partition coefficient (Wildman–Crippen LogP) is 3.44. The first-order valence-electron chi connectivity index (χ1n) is 11.1. The summed E-state index contributed by atoms with van der Waals surface area (Å²) in [5.74, 6) is -0.468. The van der Waals surface area contributed by atoms with Gasteiger partial charge < -0.3 is 15.5 Å². The number of nitrogens with zero attached hydrogens (tertiary/aromatic N) is 3. The normalized spacial score (nSPS) is 10.7. The zero-order valence-electron chi connectivity index (χ0n) is 19.6. The molecule has 2 aromatic heterocycles. The van der Waals surface area contributed by atoms with Gasteiger partial charge in [0.05, 0.1) is 12.1 Å². The van der Waals surface area contributed by atoms with E-state index in [1.54, 1.807) is 34.8 Å². The highest BCUT2D eigenvalue weighted by Gasteiger charge is 2.20. The Kier molecular flexibility index (Phi) is 8.86. The quantitative estimate of drug-likeness (QED) is 0.464. The fourth-order valence-electron chi connectivity index (χ4n) is 3.24. The van der Waals surface area contributed by atoms with Crippen molar-refractivity contribution in [3.63, 3.8) is 0 Å². The number of hydrogen-bond acceptors (Lipinski definition) is 6. The van der Waals surface area contributed by atoms with E-state index < -0.39 is 0 Å². The molecule has 178 valence electrons. The Hall–Kier alpha value is -3.59. The number of aromatic nitrogens is 2. The number of carbonyl (C=O) groups is 3. The molecule has 3 aromatic rings. The van der Waals surface area contributed by atoms with Crippen LogP contribution in [0.25, 0.3) is 0 Å². The van der Waals surface area contributed by atoms with Gasteiger partial charge in [-0.1, -0.05) is 31.5 Å². The van der Waals surface area contributed by atoms with Gasteiger partial charge in [0.1, 0.15) is 6.54 Å². The third kappa shape index (κ3) is 7.77. The van der Waals surface area contributed by atoms with Gasteiger partial charge >= 0.3 is 0 Å². The van der Waals surface area contributed by atoms with Gasteiger partial charge in [-0.15, -0.1) is 11.3 Å². The van der Waals surface area contributed by atoms with Crippen LogP contribution in [0.5, 0.6) is 0 Å². The molecule has 0 bridgehead atoms. The van der Waals surface area contributed by atoms with Crippen molar-refractivity contribution >= 4 is 34.2 Å². The second-order valence-electron chi connectivity index (χ2n) is 8.45. The summed E-state index contributed by atoms with van der Waals surface area (Å²) in [5, 5.41) is 7.73. The maximum atomic E-state index is 13.0. The molecular weight excluding hydrogens is 450 g/mol. The summed E-state index contributed by atoms with van der Waals surface area (Å²) in [4.78, 5) is 47.7. The zero-order valence-corrected chi connectivity index (χ0v) is 20.4. The average Bonchev–Trinajstić information content (AvgIpc) is 3.24. The Morgan fingerprint density at radius 3 is 2.41 bits per heavy atom. The second kappa shape index (κ2) is 12.0. The van der Waals surface area contributed by atoms with Crippen LogP contribution >= 0.6 is 11.3 Å². The first kappa shape index (κ1) is 25.0. The predicted molar refractivity (Wildman–Crippen MR) is 132 cm³/mol. The summed E-state index contributed by atoms with van der Waals surface area (Å²) in [7, 11) is 0. The molecule has 3 amide bonds. The Morgan fingerprint density at radius 1 is 1.03 bits per heavy atom. The molecule has 0 radical (unpaired) electrons. The molecule has 0 fully saturated rings. The van der Waals surface area contributed by atoms with E-state index in [2.05, 4.69) is 20.6 Å². The molecule has 2 heterocycles. The van der Waals surface area contributed by atoms with Crippen LogP contribution in [0.2, 0.25) is 0 Å². The monoisotopic (exact) mass is 479 g/mol. The summed E-state index contributed by atoms with van der Waals surface area (Å²) >= 11 is 1.25. The van der Waals surface area contributed by atoms with Crippen molar-refractivity contribution in [2.45, 2.75) is 33.7 Å². The molecule has 0 aliphatic rings. The van der Waals surface area contributed by atoms with Crippen molar-refractivity contribution in [3.8, 4) is 0 Å². The van der Waals surface area contributed by atoms with Crippen molar-refractivity contribution < 1.29 is 14.4 Å². The molecule has 0 saturated carbocycles. The molecule has 0 spiro atoms. The summed E-state index contributed by atoms with van der Waals surface area (Å²) in [6.45, 7) is 6.75. The summed E-state index contributed by atoms with van der Waals surface area (Å²) in [5.41, 5.74) is 3.15. The summed E-state index contributed by atoms with van der Waals surface area (Å²) < 4.78 is 0. The van der Waals surface area contributed by atoms with Crippen molar-refractivity contribution in [3.05, 3.63) is 76.6 Å². The van der Waals surface area contributed by atoms with Crippen LogP contribution in [0, 0.1) is 12.8 Å². The molecule has 34 heavy (non-hydrogen) atoms. The van der Waals surface area contributed by atoms with Crippen molar-refractivity contribution in [2.75, 3.05) is 18.4 Å². The maximum absolute atomic E-state index is 13.0. The number of rotatable bonds is 10. The number of anilines is 1. The first-order chi connectivity index (χ1) is 16.3. The maximum Gasteiger partial charge on any atom is 0.254 e. The number of nitrogens with one attached hydrogen (secondary N) is 2. The van der Waals surface area contributed by atoms with Gasteiger partial charge in [-0.25, -0.2) is 4.98 Å². The topological polar surface area (TPSA) is 104 Å². The van der Waals surface area contributed by atoms with Gasteiger partial charge in [-0.2, -0.15) is 0 Å². The van der Waals surface area contributed by atoms with E-state index in [-0.39, 0.29) is 36.6 Å². The van der Waals surface area contributed by atoms with E-state index in [4.69, 9.17) is 0 Å². The van der Waals surface area contributed by atoms with Gasteiger partial charge in [0.25, 0.3) is 5.91 Å². The number of pyridine rings is 1. The molecule has 0 aliphatic heterocycles. The van der Waals surface area contributed by atoms with Crippen molar-refractivity contribution in [1.82, 2.24) is 20.2 Å². The highest BCUT2D eigenvalue weighted by molar-refractivity contribution is 7.13. The molecule has 8 nitrogen and oxygen atoms in total. The molecule has 0 atom stereocenters. The Morgan fingerprint density at radius 2 is 1.74 bits per heavy atom. The molecule has 9 heteroatoms. The molecule has 2 N–H and O–H groups in total. The van der Waals surface area contributed by atoms with E-state index in [0.29, 0.717) is 29.5 Å². The van der Waals surface area contributed by atoms with Gasteiger partial charge in [0, 0.05) is 36.4 Å². The molecule has 0 aliphatic carbocycles. The lowest BCUT2D eigenvalue weighted by Crippen LogP contribution is -2.40. The number of benzene rings is 1. The minimum Gasteiger partial charge on any atom is -0.352 e. The van der Waals surface area contributed by atoms with Gasteiger partial charge in [-0.3, -0.25) is 19.4 Å². The molecular formula is C25H29N5O3S. The standard InChI is InChI=1S/C25H29N5O3S/c1-17(2)14-30(24(33)20-6-4-18(3)5-7-20)15-23(32)29-25-28-21(16-34-25)12-22(31)27-13-19-8-10-26-11-9-19/h4-11,16-17H,12-15H2,1-3H3,(H,27,31)(H,28,29,32). The minimum absolute atomic E-state index is 0.0772. The number of aryl methyl sites for hydroxylation is 1. The van der Waals surface area contributed by atoms with E-state index in [0.717, 1.165) is 11.1 Å². The third-order valence-electron chi connectivity index (χ3n) is 4.88.